The summed E-state index contributed by atoms with van der Waals surface area (Å²) in [6, 6.07) is 7.80. The van der Waals surface area contributed by atoms with Crippen LogP contribution in [0.2, 0.25) is 0 Å². The number of benzene rings is 2. The van der Waals surface area contributed by atoms with Crippen molar-refractivity contribution in [1.82, 2.24) is 5.32 Å². The van der Waals surface area contributed by atoms with Crippen molar-refractivity contribution in [3.05, 3.63) is 70.8 Å². The van der Waals surface area contributed by atoms with Gasteiger partial charge in [0, 0.05) is 19.2 Å². The third-order valence-electron chi connectivity index (χ3n) is 5.03. The SMILES string of the molecule is CC(C)(C[C@H](Cc1cc(F)cc(F)c1)[C@@H](O)CNCc1cccc(C(F)(F)F)c1)OC(N)=O. The molecule has 4 N–H and O–H groups in total. The lowest BCUT2D eigenvalue weighted by Gasteiger charge is -2.32. The molecule has 2 aromatic carbocycles. The average Bonchev–Trinajstić information content (AvgIpc) is 2.65. The third kappa shape index (κ3) is 8.97. The largest absolute Gasteiger partial charge is 0.444 e. The van der Waals surface area contributed by atoms with Crippen molar-refractivity contribution < 1.29 is 36.6 Å². The fourth-order valence-corrected chi connectivity index (χ4v) is 3.71. The monoisotopic (exact) mass is 474 g/mol. The van der Waals surface area contributed by atoms with Crippen molar-refractivity contribution in [2.24, 2.45) is 11.7 Å². The normalized spacial score (nSPS) is 14.1. The number of hydrogen-bond acceptors (Lipinski definition) is 4. The summed E-state index contributed by atoms with van der Waals surface area (Å²) in [5, 5.41) is 13.7. The molecule has 0 aromatic heterocycles. The minimum absolute atomic E-state index is 0.0225. The van der Waals surface area contributed by atoms with E-state index in [1.807, 2.05) is 0 Å². The molecule has 0 bridgehead atoms. The Labute approximate surface area is 188 Å². The van der Waals surface area contributed by atoms with E-state index >= 15 is 0 Å². The molecule has 0 aliphatic rings. The number of primary amides is 1. The molecule has 182 valence electrons. The molecule has 2 aromatic rings. The van der Waals surface area contributed by atoms with Gasteiger partial charge in [0.25, 0.3) is 0 Å². The lowest BCUT2D eigenvalue weighted by molar-refractivity contribution is -0.137. The number of aliphatic hydroxyl groups excluding tert-OH is 1. The van der Waals surface area contributed by atoms with E-state index in [0.717, 1.165) is 30.3 Å². The number of nitrogens with two attached hydrogens (primary N) is 1. The summed E-state index contributed by atoms with van der Waals surface area (Å²) in [7, 11) is 0. The maximum atomic E-state index is 13.6. The summed E-state index contributed by atoms with van der Waals surface area (Å²) >= 11 is 0. The van der Waals surface area contributed by atoms with Crippen LogP contribution in [0.15, 0.2) is 42.5 Å². The van der Waals surface area contributed by atoms with Crippen LogP contribution in [0.1, 0.15) is 37.0 Å². The van der Waals surface area contributed by atoms with Gasteiger partial charge in [0.2, 0.25) is 0 Å². The minimum Gasteiger partial charge on any atom is -0.444 e. The van der Waals surface area contributed by atoms with E-state index in [4.69, 9.17) is 10.5 Å². The Morgan fingerprint density at radius 3 is 2.30 bits per heavy atom. The van der Waals surface area contributed by atoms with E-state index in [0.29, 0.717) is 11.1 Å². The van der Waals surface area contributed by atoms with E-state index in [1.165, 1.54) is 12.1 Å². The van der Waals surface area contributed by atoms with Crippen molar-refractivity contribution in [2.75, 3.05) is 6.54 Å². The second-order valence-corrected chi connectivity index (χ2v) is 8.52. The summed E-state index contributed by atoms with van der Waals surface area (Å²) in [4.78, 5) is 11.2. The molecule has 0 unspecified atom stereocenters. The van der Waals surface area contributed by atoms with E-state index in [9.17, 15) is 31.9 Å². The molecule has 0 spiro atoms. The standard InChI is InChI=1S/C23H27F5N2O3/c1-22(2,33-21(29)32)11-16(6-15-8-18(24)10-19(25)9-15)20(31)13-30-12-14-4-3-5-17(7-14)23(26,27)28/h3-5,7-10,16,20,30-31H,6,11-13H2,1-2H3,(H2,29,32)/t16-,20-/m0/s1. The lowest BCUT2D eigenvalue weighted by Crippen LogP contribution is -2.40. The molecule has 5 nitrogen and oxygen atoms in total. The number of alkyl halides is 3. The number of carbonyl (C=O) groups excluding carboxylic acids is 1. The fraction of sp³-hybridized carbons (Fsp3) is 0.435. The first-order valence-corrected chi connectivity index (χ1v) is 10.2. The van der Waals surface area contributed by atoms with Gasteiger partial charge >= 0.3 is 12.3 Å². The van der Waals surface area contributed by atoms with Crippen LogP contribution in [0.25, 0.3) is 0 Å². The number of ether oxygens (including phenoxy) is 1. The molecular weight excluding hydrogens is 447 g/mol. The molecule has 0 heterocycles. The zero-order valence-corrected chi connectivity index (χ0v) is 18.3. The summed E-state index contributed by atoms with van der Waals surface area (Å²) in [6.45, 7) is 3.20. The Morgan fingerprint density at radius 1 is 1.09 bits per heavy atom. The van der Waals surface area contributed by atoms with Gasteiger partial charge in [-0.15, -0.1) is 0 Å². The van der Waals surface area contributed by atoms with Crippen molar-refractivity contribution in [1.29, 1.82) is 0 Å². The Morgan fingerprint density at radius 2 is 1.73 bits per heavy atom. The van der Waals surface area contributed by atoms with Gasteiger partial charge < -0.3 is 20.9 Å². The Kier molecular flexibility index (Phi) is 8.79. The zero-order valence-electron chi connectivity index (χ0n) is 18.3. The van der Waals surface area contributed by atoms with E-state index in [1.54, 1.807) is 13.8 Å². The average molecular weight is 474 g/mol. The van der Waals surface area contributed by atoms with Crippen LogP contribution in [0.5, 0.6) is 0 Å². The first kappa shape index (κ1) is 26.5. The second-order valence-electron chi connectivity index (χ2n) is 8.52. The molecule has 1 amide bonds. The van der Waals surface area contributed by atoms with Gasteiger partial charge in [-0.2, -0.15) is 13.2 Å². The number of aliphatic hydroxyl groups is 1. The highest BCUT2D eigenvalue weighted by atomic mass is 19.4. The van der Waals surface area contributed by atoms with Crippen LogP contribution in [-0.4, -0.2) is 29.4 Å². The molecule has 0 saturated heterocycles. The summed E-state index contributed by atoms with van der Waals surface area (Å²) in [5.41, 5.74) is 3.91. The number of amides is 1. The van der Waals surface area contributed by atoms with Gasteiger partial charge in [0.1, 0.15) is 17.2 Å². The Balaban J connectivity index is 2.10. The van der Waals surface area contributed by atoms with Gasteiger partial charge in [-0.1, -0.05) is 18.2 Å². The molecule has 0 saturated carbocycles. The summed E-state index contributed by atoms with van der Waals surface area (Å²) in [5.74, 6) is -2.16. The van der Waals surface area contributed by atoms with E-state index < -0.39 is 47.1 Å². The molecule has 33 heavy (non-hydrogen) atoms. The van der Waals surface area contributed by atoms with Crippen molar-refractivity contribution in [3.63, 3.8) is 0 Å². The maximum Gasteiger partial charge on any atom is 0.416 e. The number of halogens is 5. The number of carbonyl (C=O) groups is 1. The second kappa shape index (κ2) is 10.9. The molecule has 2 atom stereocenters. The van der Waals surface area contributed by atoms with Crippen molar-refractivity contribution in [3.8, 4) is 0 Å². The van der Waals surface area contributed by atoms with Crippen LogP contribution < -0.4 is 11.1 Å². The summed E-state index contributed by atoms with van der Waals surface area (Å²) in [6.07, 6.45) is -6.37. The van der Waals surface area contributed by atoms with Gasteiger partial charge in [0.15, 0.2) is 0 Å². The highest BCUT2D eigenvalue weighted by Gasteiger charge is 2.32. The topological polar surface area (TPSA) is 84.6 Å². The molecule has 10 heteroatoms. The lowest BCUT2D eigenvalue weighted by atomic mass is 9.84. The first-order chi connectivity index (χ1) is 15.2. The molecule has 0 aliphatic carbocycles. The van der Waals surface area contributed by atoms with Crippen LogP contribution >= 0.6 is 0 Å². The number of rotatable bonds is 10. The quantitative estimate of drug-likeness (QED) is 0.441. The highest BCUT2D eigenvalue weighted by molar-refractivity contribution is 5.65. The zero-order chi connectivity index (χ0) is 24.8. The van der Waals surface area contributed by atoms with Crippen LogP contribution in [0, 0.1) is 17.6 Å². The third-order valence-corrected chi connectivity index (χ3v) is 5.03. The molecular formula is C23H27F5N2O3. The highest BCUT2D eigenvalue weighted by Crippen LogP contribution is 2.30. The van der Waals surface area contributed by atoms with Crippen LogP contribution in [-0.2, 0) is 23.9 Å². The smallest absolute Gasteiger partial charge is 0.416 e. The predicted octanol–water partition coefficient (Wildman–Crippen LogP) is 4.56. The maximum absolute atomic E-state index is 13.6. The molecule has 0 fully saturated rings. The number of hydrogen-bond donors (Lipinski definition) is 3. The fourth-order valence-electron chi connectivity index (χ4n) is 3.71. The number of nitrogens with one attached hydrogen (secondary N) is 1. The Hall–Kier alpha value is -2.72. The van der Waals surface area contributed by atoms with Gasteiger partial charge in [-0.25, -0.2) is 13.6 Å². The summed E-state index contributed by atoms with van der Waals surface area (Å²) < 4.78 is 70.9. The van der Waals surface area contributed by atoms with Crippen LogP contribution in [0.4, 0.5) is 26.7 Å². The van der Waals surface area contributed by atoms with Crippen molar-refractivity contribution >= 4 is 6.09 Å². The van der Waals surface area contributed by atoms with E-state index in [2.05, 4.69) is 5.32 Å². The van der Waals surface area contributed by atoms with Gasteiger partial charge in [-0.05, 0) is 61.9 Å². The predicted molar refractivity (Wildman–Crippen MR) is 112 cm³/mol. The minimum atomic E-state index is -4.47. The van der Waals surface area contributed by atoms with Gasteiger partial charge in [-0.3, -0.25) is 0 Å². The van der Waals surface area contributed by atoms with Crippen LogP contribution in [0.3, 0.4) is 0 Å². The van der Waals surface area contributed by atoms with E-state index in [-0.39, 0.29) is 25.9 Å². The Bertz CT molecular complexity index is 930. The molecule has 0 aliphatic heterocycles. The molecule has 0 radical (unpaired) electrons. The molecule has 2 rings (SSSR count). The first-order valence-electron chi connectivity index (χ1n) is 10.2. The van der Waals surface area contributed by atoms with Crippen molar-refractivity contribution in [2.45, 2.75) is 51.1 Å². The van der Waals surface area contributed by atoms with Gasteiger partial charge in [0.05, 0.1) is 11.7 Å².